The summed E-state index contributed by atoms with van der Waals surface area (Å²) in [6, 6.07) is 0. The molecule has 0 aliphatic heterocycles. The monoisotopic (exact) mass is 354 g/mol. The van der Waals surface area contributed by atoms with Gasteiger partial charge in [-0.25, -0.2) is 0 Å². The molecule has 1 fully saturated rings. The van der Waals surface area contributed by atoms with Gasteiger partial charge in [0.25, 0.3) is 0 Å². The van der Waals surface area contributed by atoms with Gasteiger partial charge in [-0.3, -0.25) is 9.59 Å². The molecule has 0 amide bonds. The van der Waals surface area contributed by atoms with Crippen LogP contribution in [0.3, 0.4) is 0 Å². The number of hydrogen-bond donors (Lipinski definition) is 3. The van der Waals surface area contributed by atoms with E-state index >= 15 is 0 Å². The van der Waals surface area contributed by atoms with Crippen LogP contribution in [0.15, 0.2) is 12.2 Å². The van der Waals surface area contributed by atoms with Crippen LogP contribution in [-0.2, 0) is 9.59 Å². The van der Waals surface area contributed by atoms with Crippen LogP contribution < -0.4 is 0 Å². The molecule has 5 nitrogen and oxygen atoms in total. The molecule has 0 aromatic heterocycles. The third-order valence-corrected chi connectivity index (χ3v) is 5.05. The van der Waals surface area contributed by atoms with Crippen LogP contribution in [0.5, 0.6) is 0 Å². The van der Waals surface area contributed by atoms with E-state index in [1.165, 1.54) is 0 Å². The largest absolute Gasteiger partial charge is 0.481 e. The minimum atomic E-state index is -0.767. The molecule has 0 unspecified atom stereocenters. The summed E-state index contributed by atoms with van der Waals surface area (Å²) in [6.07, 6.45) is 10.7. The molecule has 1 saturated carbocycles. The fraction of sp³-hybridized carbons (Fsp3) is 0.800. The maximum absolute atomic E-state index is 12.1. The van der Waals surface area contributed by atoms with E-state index in [4.69, 9.17) is 5.11 Å². The molecule has 5 heteroatoms. The Morgan fingerprint density at radius 3 is 2.60 bits per heavy atom. The molecular formula is C20H34O5. The smallest absolute Gasteiger partial charge is 0.303 e. The Hall–Kier alpha value is -1.20. The topological polar surface area (TPSA) is 94.8 Å². The summed E-state index contributed by atoms with van der Waals surface area (Å²) in [4.78, 5) is 22.6. The first-order chi connectivity index (χ1) is 12.0. The van der Waals surface area contributed by atoms with Crippen molar-refractivity contribution in [2.24, 2.45) is 11.8 Å². The molecule has 4 atom stereocenters. The third kappa shape index (κ3) is 8.63. The van der Waals surface area contributed by atoms with Gasteiger partial charge >= 0.3 is 5.97 Å². The number of carboxylic acid groups (broad SMARTS) is 1. The van der Waals surface area contributed by atoms with E-state index < -0.39 is 18.2 Å². The van der Waals surface area contributed by atoms with Crippen LogP contribution in [0.25, 0.3) is 0 Å². The Balaban J connectivity index is 2.39. The average Bonchev–Trinajstić information content (AvgIpc) is 2.82. The van der Waals surface area contributed by atoms with E-state index in [2.05, 4.69) is 6.92 Å². The second kappa shape index (κ2) is 12.2. The molecule has 0 spiro atoms. The molecule has 0 bridgehead atoms. The minimum Gasteiger partial charge on any atom is -0.481 e. The van der Waals surface area contributed by atoms with Gasteiger partial charge in [0.05, 0.1) is 12.2 Å². The number of carbonyl (C=O) groups excluding carboxylic acids is 1. The van der Waals surface area contributed by atoms with Crippen LogP contribution in [0.1, 0.15) is 77.6 Å². The van der Waals surface area contributed by atoms with E-state index in [0.29, 0.717) is 6.42 Å². The number of aliphatic hydroxyl groups is 2. The summed E-state index contributed by atoms with van der Waals surface area (Å²) in [5.74, 6) is -1.04. The Kier molecular flexibility index (Phi) is 10.7. The van der Waals surface area contributed by atoms with Gasteiger partial charge in [0.2, 0.25) is 0 Å². The lowest BCUT2D eigenvalue weighted by molar-refractivity contribution is -0.137. The number of aliphatic hydroxyl groups excluding tert-OH is 2. The second-order valence-electron chi connectivity index (χ2n) is 7.22. The summed E-state index contributed by atoms with van der Waals surface area (Å²) in [7, 11) is 0. The summed E-state index contributed by atoms with van der Waals surface area (Å²) in [5, 5.41) is 28.7. The van der Waals surface area contributed by atoms with E-state index in [9.17, 15) is 19.8 Å². The zero-order chi connectivity index (χ0) is 18.7. The Bertz CT molecular complexity index is 432. The van der Waals surface area contributed by atoms with Crippen LogP contribution in [0.2, 0.25) is 0 Å². The van der Waals surface area contributed by atoms with E-state index in [1.807, 2.05) is 6.08 Å². The minimum absolute atomic E-state index is 0.105. The summed E-state index contributed by atoms with van der Waals surface area (Å²) < 4.78 is 0. The Morgan fingerprint density at radius 2 is 1.92 bits per heavy atom. The number of aliphatic carboxylic acids is 1. The van der Waals surface area contributed by atoms with Gasteiger partial charge in [-0.05, 0) is 19.3 Å². The molecule has 144 valence electrons. The highest BCUT2D eigenvalue weighted by molar-refractivity contribution is 5.84. The molecule has 0 saturated heterocycles. The molecular weight excluding hydrogens is 320 g/mol. The highest BCUT2D eigenvalue weighted by atomic mass is 16.4. The molecule has 0 radical (unpaired) electrons. The number of ketones is 1. The maximum atomic E-state index is 12.1. The SMILES string of the molecule is CCCCC[C@H](O)/C=C/[C@H]1[C@H](O)CC(=O)[C@H]1CCCCCCC(=O)O. The van der Waals surface area contributed by atoms with Crippen molar-refractivity contribution in [1.29, 1.82) is 0 Å². The van der Waals surface area contributed by atoms with Crippen LogP contribution in [0.4, 0.5) is 0 Å². The highest BCUT2D eigenvalue weighted by Crippen LogP contribution is 2.34. The standard InChI is InChI=1S/C20H34O5/c1-2-3-6-9-15(21)12-13-17-16(18(22)14-19(17)23)10-7-4-5-8-11-20(24)25/h12-13,15-17,19,21,23H,2-11,14H2,1H3,(H,24,25)/b13-12+/t15-,16-,17+,19+/m0/s1. The van der Waals surface area contributed by atoms with Gasteiger partial charge in [0, 0.05) is 24.7 Å². The van der Waals surface area contributed by atoms with Crippen LogP contribution >= 0.6 is 0 Å². The lowest BCUT2D eigenvalue weighted by atomic mass is 9.88. The zero-order valence-electron chi connectivity index (χ0n) is 15.4. The van der Waals surface area contributed by atoms with Gasteiger partial charge in [0.1, 0.15) is 5.78 Å². The normalized spacial score (nSPS) is 24.9. The van der Waals surface area contributed by atoms with Crippen LogP contribution in [-0.4, -0.2) is 39.3 Å². The lowest BCUT2D eigenvalue weighted by Crippen LogP contribution is -2.19. The first kappa shape index (κ1) is 21.8. The first-order valence-corrected chi connectivity index (χ1v) is 9.74. The van der Waals surface area contributed by atoms with Crippen molar-refractivity contribution in [3.05, 3.63) is 12.2 Å². The summed E-state index contributed by atoms with van der Waals surface area (Å²) in [5.41, 5.74) is 0. The van der Waals surface area contributed by atoms with Gasteiger partial charge in [0.15, 0.2) is 0 Å². The number of hydrogen-bond acceptors (Lipinski definition) is 4. The van der Waals surface area contributed by atoms with E-state index in [1.54, 1.807) is 6.08 Å². The number of rotatable bonds is 13. The molecule has 3 N–H and O–H groups in total. The van der Waals surface area contributed by atoms with Crippen molar-refractivity contribution in [3.8, 4) is 0 Å². The third-order valence-electron chi connectivity index (χ3n) is 5.05. The fourth-order valence-corrected chi connectivity index (χ4v) is 3.54. The molecule has 25 heavy (non-hydrogen) atoms. The van der Waals surface area contributed by atoms with Crippen molar-refractivity contribution >= 4 is 11.8 Å². The highest BCUT2D eigenvalue weighted by Gasteiger charge is 2.39. The van der Waals surface area contributed by atoms with Gasteiger partial charge < -0.3 is 15.3 Å². The number of Topliss-reactive ketones (excluding diaryl/α,β-unsaturated/α-hetero) is 1. The van der Waals surface area contributed by atoms with Crippen molar-refractivity contribution < 1.29 is 24.9 Å². The van der Waals surface area contributed by atoms with E-state index in [-0.39, 0.29) is 30.5 Å². The van der Waals surface area contributed by atoms with Gasteiger partial charge in [-0.2, -0.15) is 0 Å². The first-order valence-electron chi connectivity index (χ1n) is 9.74. The fourth-order valence-electron chi connectivity index (χ4n) is 3.54. The Morgan fingerprint density at radius 1 is 1.20 bits per heavy atom. The number of carboxylic acids is 1. The van der Waals surface area contributed by atoms with Crippen molar-refractivity contribution in [1.82, 2.24) is 0 Å². The lowest BCUT2D eigenvalue weighted by Gasteiger charge is -2.18. The van der Waals surface area contributed by atoms with Crippen molar-refractivity contribution in [2.75, 3.05) is 0 Å². The molecule has 0 aromatic rings. The quantitative estimate of drug-likeness (QED) is 0.348. The number of unbranched alkanes of at least 4 members (excludes halogenated alkanes) is 5. The molecule has 0 heterocycles. The molecule has 1 rings (SSSR count). The predicted molar refractivity (Wildman–Crippen MR) is 97.2 cm³/mol. The van der Waals surface area contributed by atoms with Crippen molar-refractivity contribution in [3.63, 3.8) is 0 Å². The molecule has 1 aliphatic rings. The molecule has 1 aliphatic carbocycles. The average molecular weight is 354 g/mol. The van der Waals surface area contributed by atoms with E-state index in [0.717, 1.165) is 51.4 Å². The Labute approximate surface area is 151 Å². The number of carbonyl (C=O) groups is 2. The van der Waals surface area contributed by atoms with Crippen LogP contribution in [0, 0.1) is 11.8 Å². The van der Waals surface area contributed by atoms with Crippen molar-refractivity contribution in [2.45, 2.75) is 89.8 Å². The van der Waals surface area contributed by atoms with Gasteiger partial charge in [-0.15, -0.1) is 0 Å². The summed E-state index contributed by atoms with van der Waals surface area (Å²) >= 11 is 0. The molecule has 0 aromatic carbocycles. The second-order valence-corrected chi connectivity index (χ2v) is 7.22. The summed E-state index contributed by atoms with van der Waals surface area (Å²) in [6.45, 7) is 2.12. The maximum Gasteiger partial charge on any atom is 0.303 e. The zero-order valence-corrected chi connectivity index (χ0v) is 15.4. The van der Waals surface area contributed by atoms with Gasteiger partial charge in [-0.1, -0.05) is 57.6 Å². The predicted octanol–water partition coefficient (Wildman–Crippen LogP) is 3.48.